The van der Waals surface area contributed by atoms with Crippen LogP contribution in [0.5, 0.6) is 0 Å². The maximum atomic E-state index is 12.4. The number of hydrogen-bond donors (Lipinski definition) is 0. The largest absolute Gasteiger partial charge is 0.330 e. The van der Waals surface area contributed by atoms with E-state index in [9.17, 15) is 4.57 Å². The Bertz CT molecular complexity index is 369. The Balaban J connectivity index is 3.41. The van der Waals surface area contributed by atoms with Crippen molar-refractivity contribution < 1.29 is 13.6 Å². The number of hydrogen-bond acceptors (Lipinski definition) is 4. The summed E-state index contributed by atoms with van der Waals surface area (Å²) in [7, 11) is -0.703. The summed E-state index contributed by atoms with van der Waals surface area (Å²) in [5, 5.41) is 0. The molecule has 0 unspecified atom stereocenters. The van der Waals surface area contributed by atoms with E-state index in [4.69, 9.17) is 9.05 Å². The van der Waals surface area contributed by atoms with Gasteiger partial charge in [-0.15, -0.1) is 0 Å². The first-order chi connectivity index (χ1) is 14.1. The standard InChI is InChI=1S/C24H52NO3P/c1-5-8-9-10-11-12-13-14-15-16-17-18-19-20-22-25(4)23-21-24-29(26,27-6-2)28-7-3/h5-24H2,1-4H3. The second kappa shape index (κ2) is 21.3. The lowest BCUT2D eigenvalue weighted by Gasteiger charge is -2.20. The van der Waals surface area contributed by atoms with Gasteiger partial charge in [0.15, 0.2) is 0 Å². The predicted octanol–water partition coefficient (Wildman–Crippen LogP) is 8.06. The highest BCUT2D eigenvalue weighted by Crippen LogP contribution is 2.48. The summed E-state index contributed by atoms with van der Waals surface area (Å²) >= 11 is 0. The van der Waals surface area contributed by atoms with Crippen LogP contribution in [0.2, 0.25) is 0 Å². The zero-order valence-electron chi connectivity index (χ0n) is 20.3. The third-order valence-electron chi connectivity index (χ3n) is 5.52. The lowest BCUT2D eigenvalue weighted by molar-refractivity contribution is 0.218. The van der Waals surface area contributed by atoms with Crippen molar-refractivity contribution in [3.63, 3.8) is 0 Å². The smallest absolute Gasteiger partial charge is 0.309 e. The van der Waals surface area contributed by atoms with Crippen molar-refractivity contribution >= 4 is 7.60 Å². The maximum absolute atomic E-state index is 12.4. The molecule has 4 nitrogen and oxygen atoms in total. The summed E-state index contributed by atoms with van der Waals surface area (Å²) in [6, 6.07) is 0. The molecule has 176 valence electrons. The zero-order valence-corrected chi connectivity index (χ0v) is 21.2. The minimum Gasteiger partial charge on any atom is -0.309 e. The van der Waals surface area contributed by atoms with Crippen LogP contribution in [0.15, 0.2) is 0 Å². The second-order valence-electron chi connectivity index (χ2n) is 8.42. The molecule has 0 spiro atoms. The summed E-state index contributed by atoms with van der Waals surface area (Å²) in [6.45, 7) is 9.01. The van der Waals surface area contributed by atoms with Gasteiger partial charge < -0.3 is 13.9 Å². The summed E-state index contributed by atoms with van der Waals surface area (Å²) in [5.74, 6) is 0. The van der Waals surface area contributed by atoms with Crippen molar-refractivity contribution in [1.29, 1.82) is 0 Å². The molecule has 0 aliphatic carbocycles. The molecule has 0 atom stereocenters. The van der Waals surface area contributed by atoms with Gasteiger partial charge in [0.25, 0.3) is 0 Å². The molecule has 0 saturated heterocycles. The average molecular weight is 434 g/mol. The molecule has 0 aromatic rings. The fourth-order valence-corrected chi connectivity index (χ4v) is 5.43. The normalized spacial score (nSPS) is 12.2. The molecular weight excluding hydrogens is 381 g/mol. The van der Waals surface area contributed by atoms with Crippen molar-refractivity contribution in [2.24, 2.45) is 0 Å². The van der Waals surface area contributed by atoms with Crippen molar-refractivity contribution in [2.45, 2.75) is 117 Å². The third kappa shape index (κ3) is 19.8. The first-order valence-electron chi connectivity index (χ1n) is 12.6. The third-order valence-corrected chi connectivity index (χ3v) is 7.68. The summed E-state index contributed by atoms with van der Waals surface area (Å²) in [6.07, 6.45) is 21.0. The zero-order chi connectivity index (χ0) is 21.6. The van der Waals surface area contributed by atoms with E-state index < -0.39 is 7.60 Å². The number of nitrogens with zero attached hydrogens (tertiary/aromatic N) is 1. The van der Waals surface area contributed by atoms with E-state index >= 15 is 0 Å². The van der Waals surface area contributed by atoms with Gasteiger partial charge in [0.05, 0.1) is 19.4 Å². The Kier molecular flexibility index (Phi) is 21.4. The topological polar surface area (TPSA) is 38.8 Å². The van der Waals surface area contributed by atoms with Gasteiger partial charge in [0.2, 0.25) is 0 Å². The molecule has 0 aliphatic rings. The monoisotopic (exact) mass is 433 g/mol. The van der Waals surface area contributed by atoms with Gasteiger partial charge in [-0.3, -0.25) is 4.57 Å². The minimum atomic E-state index is -2.86. The second-order valence-corrected chi connectivity index (χ2v) is 10.6. The van der Waals surface area contributed by atoms with Gasteiger partial charge in [-0.1, -0.05) is 90.4 Å². The SMILES string of the molecule is CCCCCCCCCCCCCCCCN(C)CCCP(=O)(OCC)OCC. The molecule has 0 bridgehead atoms. The molecule has 5 heteroatoms. The molecule has 29 heavy (non-hydrogen) atoms. The molecule has 0 N–H and O–H groups in total. The lowest BCUT2D eigenvalue weighted by Crippen LogP contribution is -2.22. The highest BCUT2D eigenvalue weighted by molar-refractivity contribution is 7.53. The molecule has 0 aliphatic heterocycles. The summed E-state index contributed by atoms with van der Waals surface area (Å²) in [4.78, 5) is 2.35. The van der Waals surface area contributed by atoms with Crippen LogP contribution >= 0.6 is 7.60 Å². The summed E-state index contributed by atoms with van der Waals surface area (Å²) < 4.78 is 23.1. The molecule has 0 aromatic heterocycles. The van der Waals surface area contributed by atoms with Gasteiger partial charge in [-0.25, -0.2) is 0 Å². The lowest BCUT2D eigenvalue weighted by atomic mass is 10.0. The van der Waals surface area contributed by atoms with Crippen LogP contribution in [0.25, 0.3) is 0 Å². The van der Waals surface area contributed by atoms with Crippen LogP contribution in [0.3, 0.4) is 0 Å². The summed E-state index contributed by atoms with van der Waals surface area (Å²) in [5.41, 5.74) is 0. The van der Waals surface area contributed by atoms with Crippen molar-refractivity contribution in [3.8, 4) is 0 Å². The van der Waals surface area contributed by atoms with Gasteiger partial charge >= 0.3 is 7.60 Å². The molecule has 0 fully saturated rings. The van der Waals surface area contributed by atoms with Crippen molar-refractivity contribution in [2.75, 3.05) is 39.5 Å². The van der Waals surface area contributed by atoms with E-state index in [1.807, 2.05) is 13.8 Å². The molecule has 0 saturated carbocycles. The van der Waals surface area contributed by atoms with Gasteiger partial charge in [0.1, 0.15) is 0 Å². The maximum Gasteiger partial charge on any atom is 0.330 e. The van der Waals surface area contributed by atoms with E-state index in [2.05, 4.69) is 18.9 Å². The average Bonchev–Trinajstić information content (AvgIpc) is 2.68. The molecule has 0 amide bonds. The number of unbranched alkanes of at least 4 members (excludes halogenated alkanes) is 13. The van der Waals surface area contributed by atoms with E-state index in [0.717, 1.165) is 19.5 Å². The Labute approximate surface area is 183 Å². The molecule has 0 radical (unpaired) electrons. The van der Waals surface area contributed by atoms with Gasteiger partial charge in [-0.2, -0.15) is 0 Å². The van der Waals surface area contributed by atoms with E-state index in [1.165, 1.54) is 89.9 Å². The molecule has 0 rings (SSSR count). The highest BCUT2D eigenvalue weighted by atomic mass is 31.2. The van der Waals surface area contributed by atoms with Crippen LogP contribution in [-0.4, -0.2) is 44.4 Å². The van der Waals surface area contributed by atoms with Gasteiger partial charge in [-0.05, 0) is 46.8 Å². The Morgan fingerprint density at radius 1 is 0.586 bits per heavy atom. The first-order valence-corrected chi connectivity index (χ1v) is 14.4. The van der Waals surface area contributed by atoms with E-state index in [0.29, 0.717) is 19.4 Å². The van der Waals surface area contributed by atoms with E-state index in [1.54, 1.807) is 0 Å². The molecule has 0 heterocycles. The fourth-order valence-electron chi connectivity index (χ4n) is 3.78. The molecule has 0 aromatic carbocycles. The van der Waals surface area contributed by atoms with Crippen LogP contribution in [-0.2, 0) is 13.6 Å². The fraction of sp³-hybridized carbons (Fsp3) is 1.00. The van der Waals surface area contributed by atoms with Crippen molar-refractivity contribution in [3.05, 3.63) is 0 Å². The Morgan fingerprint density at radius 2 is 0.966 bits per heavy atom. The van der Waals surface area contributed by atoms with Crippen LogP contribution in [0, 0.1) is 0 Å². The van der Waals surface area contributed by atoms with Crippen molar-refractivity contribution in [1.82, 2.24) is 4.90 Å². The Morgan fingerprint density at radius 3 is 1.38 bits per heavy atom. The van der Waals surface area contributed by atoms with Crippen LogP contribution < -0.4 is 0 Å². The quantitative estimate of drug-likeness (QED) is 0.121. The first kappa shape index (κ1) is 29.1. The van der Waals surface area contributed by atoms with Crippen LogP contribution in [0.1, 0.15) is 117 Å². The predicted molar refractivity (Wildman–Crippen MR) is 128 cm³/mol. The Hall–Kier alpha value is 0.110. The minimum absolute atomic E-state index is 0.451. The van der Waals surface area contributed by atoms with E-state index in [-0.39, 0.29) is 0 Å². The highest BCUT2D eigenvalue weighted by Gasteiger charge is 2.22. The van der Waals surface area contributed by atoms with Gasteiger partial charge in [0, 0.05) is 0 Å². The molecular formula is C24H52NO3P. The van der Waals surface area contributed by atoms with Crippen LogP contribution in [0.4, 0.5) is 0 Å². The number of rotatable bonds is 23.